The van der Waals surface area contributed by atoms with Gasteiger partial charge in [-0.2, -0.15) is 9.78 Å². The lowest BCUT2D eigenvalue weighted by atomic mass is 9.72. The molecule has 0 amide bonds. The van der Waals surface area contributed by atoms with Crippen molar-refractivity contribution in [2.45, 2.75) is 57.6 Å². The molecular weight excluding hydrogens is 324 g/mol. The molecule has 0 unspecified atom stereocenters. The topological polar surface area (TPSA) is 63.2 Å². The van der Waals surface area contributed by atoms with E-state index >= 15 is 0 Å². The normalized spacial score (nSPS) is 39.6. The van der Waals surface area contributed by atoms with Crippen LogP contribution >= 0.6 is 0 Å². The zero-order chi connectivity index (χ0) is 17.4. The first-order chi connectivity index (χ1) is 12.1. The summed E-state index contributed by atoms with van der Waals surface area (Å²) in [5.41, 5.74) is 0.348. The third-order valence-electron chi connectivity index (χ3n) is 5.59. The van der Waals surface area contributed by atoms with Gasteiger partial charge in [-0.3, -0.25) is 4.79 Å². The Morgan fingerprint density at radius 3 is 2.76 bits per heavy atom. The monoisotopic (exact) mass is 348 g/mol. The average molecular weight is 348 g/mol. The smallest absolute Gasteiger partial charge is 0.223 e. The lowest BCUT2D eigenvalue weighted by Gasteiger charge is -2.51. The fourth-order valence-electron chi connectivity index (χ4n) is 4.01. The molecule has 0 aromatic heterocycles. The quantitative estimate of drug-likeness (QED) is 0.582. The van der Waals surface area contributed by atoms with Gasteiger partial charge < -0.3 is 14.2 Å². The number of rotatable bonds is 6. The van der Waals surface area contributed by atoms with Crippen LogP contribution in [0, 0.1) is 11.8 Å². The van der Waals surface area contributed by atoms with Crippen molar-refractivity contribution in [3.8, 4) is 0 Å². The van der Waals surface area contributed by atoms with Gasteiger partial charge in [-0.25, -0.2) is 0 Å². The minimum Gasteiger partial charge on any atom is -0.377 e. The zero-order valence-corrected chi connectivity index (χ0v) is 14.6. The second kappa shape index (κ2) is 6.78. The largest absolute Gasteiger partial charge is 0.377 e. The molecule has 3 saturated heterocycles. The summed E-state index contributed by atoms with van der Waals surface area (Å²) in [6, 6.07) is 10.0. The van der Waals surface area contributed by atoms with Gasteiger partial charge in [0.1, 0.15) is 17.5 Å². The number of ether oxygens (including phenoxy) is 3. The van der Waals surface area contributed by atoms with Crippen molar-refractivity contribution >= 4 is 5.78 Å². The average Bonchev–Trinajstić information content (AvgIpc) is 3.08. The predicted octanol–water partition coefficient (Wildman–Crippen LogP) is 2.61. The zero-order valence-electron chi connectivity index (χ0n) is 14.6. The molecule has 136 valence electrons. The predicted molar refractivity (Wildman–Crippen MR) is 87.1 cm³/mol. The van der Waals surface area contributed by atoms with Gasteiger partial charge in [0, 0.05) is 18.4 Å². The third-order valence-corrected chi connectivity index (χ3v) is 5.59. The fraction of sp³-hybridized carbons (Fsp3) is 0.632. The van der Waals surface area contributed by atoms with Crippen LogP contribution in [-0.2, 0) is 35.4 Å². The first kappa shape index (κ1) is 17.1. The number of carbonyl (C=O) groups is 1. The Kier molecular flexibility index (Phi) is 4.64. The Bertz CT molecular complexity index is 620. The van der Waals surface area contributed by atoms with Crippen LogP contribution in [0.1, 0.15) is 32.3 Å². The fourth-order valence-corrected chi connectivity index (χ4v) is 4.01. The number of hydrogen-bond donors (Lipinski definition) is 0. The minimum atomic E-state index is -0.794. The Labute approximate surface area is 147 Å². The summed E-state index contributed by atoms with van der Waals surface area (Å²) in [5, 5.41) is 0. The highest BCUT2D eigenvalue weighted by molar-refractivity contribution is 5.85. The first-order valence-corrected chi connectivity index (χ1v) is 8.92. The molecule has 0 saturated carbocycles. The molecule has 1 aromatic rings. The second-order valence-corrected chi connectivity index (χ2v) is 7.12. The minimum absolute atomic E-state index is 0.189. The molecule has 3 heterocycles. The van der Waals surface area contributed by atoms with Gasteiger partial charge in [0.05, 0.1) is 6.61 Å². The number of fused-ring (bicyclic) bond motifs is 6. The maximum absolute atomic E-state index is 12.7. The summed E-state index contributed by atoms with van der Waals surface area (Å²) in [4.78, 5) is 23.2. The molecule has 6 atom stereocenters. The van der Waals surface area contributed by atoms with Crippen molar-refractivity contribution < 1.29 is 28.8 Å². The Hall–Kier alpha value is -1.31. The summed E-state index contributed by atoms with van der Waals surface area (Å²) in [5.74, 6) is -0.375. The maximum Gasteiger partial charge on any atom is 0.223 e. The molecular formula is C19H24O6. The lowest BCUT2D eigenvalue weighted by Crippen LogP contribution is -2.66. The van der Waals surface area contributed by atoms with E-state index in [4.69, 9.17) is 24.0 Å². The van der Waals surface area contributed by atoms with Crippen LogP contribution in [0.3, 0.4) is 0 Å². The number of ketones is 1. The van der Waals surface area contributed by atoms with Crippen molar-refractivity contribution in [2.24, 2.45) is 11.8 Å². The molecule has 3 aliphatic heterocycles. The highest BCUT2D eigenvalue weighted by Gasteiger charge is 2.65. The van der Waals surface area contributed by atoms with Crippen molar-refractivity contribution in [2.75, 3.05) is 6.61 Å². The van der Waals surface area contributed by atoms with E-state index in [-0.39, 0.29) is 17.6 Å². The van der Waals surface area contributed by atoms with Crippen LogP contribution in [0.2, 0.25) is 0 Å². The Morgan fingerprint density at radius 1 is 1.16 bits per heavy atom. The van der Waals surface area contributed by atoms with Gasteiger partial charge in [0.15, 0.2) is 0 Å². The summed E-state index contributed by atoms with van der Waals surface area (Å²) >= 11 is 0. The first-order valence-electron chi connectivity index (χ1n) is 8.92. The van der Waals surface area contributed by atoms with E-state index in [0.29, 0.717) is 19.6 Å². The van der Waals surface area contributed by atoms with Gasteiger partial charge in [-0.1, -0.05) is 44.2 Å². The molecule has 1 aromatic carbocycles. The third kappa shape index (κ3) is 2.92. The van der Waals surface area contributed by atoms with Crippen molar-refractivity contribution in [1.29, 1.82) is 0 Å². The Morgan fingerprint density at radius 2 is 1.96 bits per heavy atom. The maximum atomic E-state index is 12.7. The number of hydrogen-bond acceptors (Lipinski definition) is 6. The van der Waals surface area contributed by atoms with Crippen LogP contribution in [0.15, 0.2) is 30.3 Å². The van der Waals surface area contributed by atoms with Crippen LogP contribution in [-0.4, -0.2) is 36.7 Å². The second-order valence-electron chi connectivity index (χ2n) is 7.12. The van der Waals surface area contributed by atoms with Crippen molar-refractivity contribution in [3.63, 3.8) is 0 Å². The number of carbonyl (C=O) groups excluding carboxylic acids is 1. The van der Waals surface area contributed by atoms with Gasteiger partial charge >= 0.3 is 0 Å². The SMILES string of the molecule is C[C@@H]1C(=O)[C@H](C)[C@@]2(CCCOCc3ccccc3)O[C@@H]1[C@H]1OO[C@@H]2O1. The molecule has 3 aliphatic rings. The molecule has 4 rings (SSSR count). The van der Waals surface area contributed by atoms with E-state index in [9.17, 15) is 4.79 Å². The van der Waals surface area contributed by atoms with Crippen LogP contribution in [0.4, 0.5) is 0 Å². The molecule has 6 heteroatoms. The molecule has 0 aliphatic carbocycles. The van der Waals surface area contributed by atoms with E-state index in [2.05, 4.69) is 0 Å². The molecule has 0 spiro atoms. The van der Waals surface area contributed by atoms with Gasteiger partial charge in [-0.15, -0.1) is 0 Å². The van der Waals surface area contributed by atoms with E-state index in [0.717, 1.165) is 12.0 Å². The molecule has 3 fully saturated rings. The summed E-state index contributed by atoms with van der Waals surface area (Å²) in [6.45, 7) is 4.91. The molecule has 25 heavy (non-hydrogen) atoms. The summed E-state index contributed by atoms with van der Waals surface area (Å²) < 4.78 is 17.9. The van der Waals surface area contributed by atoms with Crippen molar-refractivity contribution in [3.05, 3.63) is 35.9 Å². The summed E-state index contributed by atoms with van der Waals surface area (Å²) in [6.07, 6.45) is -0.307. The van der Waals surface area contributed by atoms with Gasteiger partial charge in [0.2, 0.25) is 12.6 Å². The van der Waals surface area contributed by atoms with E-state index < -0.39 is 24.3 Å². The standard InChI is InChI=1S/C19H24O6/c1-12-15(20)13(2)19(18-22-17(24-25-18)16(12)23-19)9-6-10-21-11-14-7-4-3-5-8-14/h3-5,7-8,12-13,16-18H,6,9-11H2,1-2H3/t12-,13+,16+,17-,18+,19-/m1/s1. The van der Waals surface area contributed by atoms with Crippen molar-refractivity contribution in [1.82, 2.24) is 0 Å². The molecule has 0 radical (unpaired) electrons. The van der Waals surface area contributed by atoms with E-state index in [1.54, 1.807) is 0 Å². The van der Waals surface area contributed by atoms with Crippen LogP contribution in [0.5, 0.6) is 0 Å². The number of benzene rings is 1. The summed E-state index contributed by atoms with van der Waals surface area (Å²) in [7, 11) is 0. The van der Waals surface area contributed by atoms with Gasteiger partial charge in [0.25, 0.3) is 0 Å². The highest BCUT2D eigenvalue weighted by Crippen LogP contribution is 2.49. The molecule has 0 N–H and O–H groups in total. The van der Waals surface area contributed by atoms with Crippen LogP contribution < -0.4 is 0 Å². The van der Waals surface area contributed by atoms with E-state index in [1.807, 2.05) is 44.2 Å². The highest BCUT2D eigenvalue weighted by atomic mass is 17.3. The number of Topliss-reactive ketones (excluding diaryl/α,β-unsaturated/α-hetero) is 1. The lowest BCUT2D eigenvalue weighted by molar-refractivity contribution is -0.319. The van der Waals surface area contributed by atoms with Crippen LogP contribution in [0.25, 0.3) is 0 Å². The Balaban J connectivity index is 1.37. The van der Waals surface area contributed by atoms with E-state index in [1.165, 1.54) is 0 Å². The molecule has 4 bridgehead atoms. The van der Waals surface area contributed by atoms with Gasteiger partial charge in [-0.05, 0) is 18.4 Å². The molecule has 6 nitrogen and oxygen atoms in total.